The van der Waals surface area contributed by atoms with Gasteiger partial charge in [0.2, 0.25) is 0 Å². The molecule has 0 unspecified atom stereocenters. The number of fused-ring (bicyclic) bond motifs is 1. The van der Waals surface area contributed by atoms with Crippen LogP contribution in [-0.4, -0.2) is 10.1 Å². The van der Waals surface area contributed by atoms with E-state index in [0.717, 1.165) is 23.1 Å². The van der Waals surface area contributed by atoms with Crippen LogP contribution in [0.15, 0.2) is 23.0 Å². The van der Waals surface area contributed by atoms with Gasteiger partial charge in [0.1, 0.15) is 11.3 Å². The van der Waals surface area contributed by atoms with Crippen LogP contribution in [0.1, 0.15) is 12.7 Å². The normalized spacial score (nSPS) is 10.6. The molecule has 0 amide bonds. The topological polar surface area (TPSA) is 38.9 Å². The minimum Gasteiger partial charge on any atom is -0.360 e. The van der Waals surface area contributed by atoms with E-state index in [-0.39, 0.29) is 0 Å². The number of aryl methyl sites for hydroxylation is 1. The molecule has 2 aromatic rings. The zero-order valence-corrected chi connectivity index (χ0v) is 6.24. The van der Waals surface area contributed by atoms with Crippen LogP contribution in [-0.2, 0) is 6.42 Å². The molecule has 0 radical (unpaired) electrons. The number of hydrogen-bond acceptors (Lipinski definition) is 3. The Kier molecular flexibility index (Phi) is 1.35. The summed E-state index contributed by atoms with van der Waals surface area (Å²) in [7, 11) is 0. The maximum Gasteiger partial charge on any atom is 0.145 e. The Bertz CT molecular complexity index is 367. The lowest BCUT2D eigenvalue weighted by molar-refractivity contribution is 0.395. The first-order chi connectivity index (χ1) is 5.42. The summed E-state index contributed by atoms with van der Waals surface area (Å²) in [4.78, 5) is 3.99. The van der Waals surface area contributed by atoms with Gasteiger partial charge in [-0.15, -0.1) is 0 Å². The van der Waals surface area contributed by atoms with Crippen LogP contribution in [0.2, 0.25) is 0 Å². The van der Waals surface area contributed by atoms with Crippen molar-refractivity contribution >= 4 is 10.9 Å². The van der Waals surface area contributed by atoms with Gasteiger partial charge in [0, 0.05) is 18.8 Å². The van der Waals surface area contributed by atoms with Gasteiger partial charge in [-0.3, -0.25) is 4.98 Å². The second-order valence-corrected chi connectivity index (χ2v) is 2.35. The average molecular weight is 148 g/mol. The summed E-state index contributed by atoms with van der Waals surface area (Å²) >= 11 is 0. The van der Waals surface area contributed by atoms with Crippen molar-refractivity contribution in [1.82, 2.24) is 10.1 Å². The van der Waals surface area contributed by atoms with E-state index in [9.17, 15) is 0 Å². The van der Waals surface area contributed by atoms with Gasteiger partial charge >= 0.3 is 0 Å². The van der Waals surface area contributed by atoms with Gasteiger partial charge in [-0.1, -0.05) is 12.1 Å². The van der Waals surface area contributed by atoms with E-state index in [1.165, 1.54) is 0 Å². The zero-order valence-electron chi connectivity index (χ0n) is 6.24. The molecular formula is C8H8N2O. The van der Waals surface area contributed by atoms with Crippen LogP contribution >= 0.6 is 0 Å². The molecule has 0 saturated heterocycles. The first-order valence-electron chi connectivity index (χ1n) is 3.60. The Balaban J connectivity index is 2.76. The van der Waals surface area contributed by atoms with Crippen LogP contribution in [0.5, 0.6) is 0 Å². The second-order valence-electron chi connectivity index (χ2n) is 2.35. The van der Waals surface area contributed by atoms with Crippen molar-refractivity contribution in [3.05, 3.63) is 24.2 Å². The van der Waals surface area contributed by atoms with Crippen LogP contribution < -0.4 is 0 Å². The molecule has 2 heterocycles. The monoisotopic (exact) mass is 148 g/mol. The first kappa shape index (κ1) is 6.34. The molecule has 2 rings (SSSR count). The van der Waals surface area contributed by atoms with Crippen molar-refractivity contribution in [2.45, 2.75) is 13.3 Å². The lowest BCUT2D eigenvalue weighted by Gasteiger charge is -1.85. The van der Waals surface area contributed by atoms with Crippen molar-refractivity contribution in [3.8, 4) is 0 Å². The Morgan fingerprint density at radius 3 is 3.27 bits per heavy atom. The molecule has 0 spiro atoms. The van der Waals surface area contributed by atoms with Crippen molar-refractivity contribution in [1.29, 1.82) is 0 Å². The number of rotatable bonds is 1. The third-order valence-electron chi connectivity index (χ3n) is 1.67. The number of hydrogen-bond donors (Lipinski definition) is 0. The predicted molar refractivity (Wildman–Crippen MR) is 41.2 cm³/mol. The highest BCUT2D eigenvalue weighted by atomic mass is 16.5. The third-order valence-corrected chi connectivity index (χ3v) is 1.67. The van der Waals surface area contributed by atoms with Gasteiger partial charge in [-0.2, -0.15) is 0 Å². The molecule has 3 heteroatoms. The molecule has 0 aliphatic carbocycles. The van der Waals surface area contributed by atoms with E-state index in [2.05, 4.69) is 10.1 Å². The molecule has 2 aromatic heterocycles. The molecule has 0 aliphatic heterocycles. The number of aromatic nitrogens is 2. The minimum atomic E-state index is 0.863. The molecule has 0 fully saturated rings. The number of nitrogens with zero attached hydrogens (tertiary/aromatic N) is 2. The van der Waals surface area contributed by atoms with Crippen molar-refractivity contribution in [2.24, 2.45) is 0 Å². The van der Waals surface area contributed by atoms with Crippen LogP contribution in [0, 0.1) is 0 Å². The standard InChI is InChI=1S/C8H8N2O/c1-2-8-6-5-9-4-3-7(6)10-11-8/h3-5H,2H2,1H3. The minimum absolute atomic E-state index is 0.863. The van der Waals surface area contributed by atoms with Crippen LogP contribution in [0.25, 0.3) is 10.9 Å². The van der Waals surface area contributed by atoms with E-state index in [1.807, 2.05) is 13.0 Å². The summed E-state index contributed by atoms with van der Waals surface area (Å²) in [6.07, 6.45) is 4.36. The lowest BCUT2D eigenvalue weighted by atomic mass is 10.2. The average Bonchev–Trinajstić information content (AvgIpc) is 2.47. The second kappa shape index (κ2) is 2.34. The molecule has 56 valence electrons. The smallest absolute Gasteiger partial charge is 0.145 e. The van der Waals surface area contributed by atoms with E-state index in [0.29, 0.717) is 0 Å². The van der Waals surface area contributed by atoms with E-state index in [1.54, 1.807) is 12.4 Å². The summed E-state index contributed by atoms with van der Waals surface area (Å²) in [6, 6.07) is 1.85. The van der Waals surface area contributed by atoms with Gasteiger partial charge in [-0.25, -0.2) is 0 Å². The summed E-state index contributed by atoms with van der Waals surface area (Å²) in [5.74, 6) is 0.910. The molecule has 0 bridgehead atoms. The molecule has 11 heavy (non-hydrogen) atoms. The molecule has 3 nitrogen and oxygen atoms in total. The molecule has 0 atom stereocenters. The highest BCUT2D eigenvalue weighted by Gasteiger charge is 2.03. The van der Waals surface area contributed by atoms with Crippen LogP contribution in [0.3, 0.4) is 0 Å². The quantitative estimate of drug-likeness (QED) is 0.618. The van der Waals surface area contributed by atoms with E-state index in [4.69, 9.17) is 4.52 Å². The summed E-state index contributed by atoms with van der Waals surface area (Å²) in [5.41, 5.74) is 0.886. The fourth-order valence-corrected chi connectivity index (χ4v) is 1.09. The van der Waals surface area contributed by atoms with Crippen molar-refractivity contribution < 1.29 is 4.52 Å². The fraction of sp³-hybridized carbons (Fsp3) is 0.250. The first-order valence-corrected chi connectivity index (χ1v) is 3.60. The molecule has 0 aliphatic rings. The highest BCUT2D eigenvalue weighted by molar-refractivity contribution is 5.78. The van der Waals surface area contributed by atoms with Crippen LogP contribution in [0.4, 0.5) is 0 Å². The number of pyridine rings is 1. The Morgan fingerprint density at radius 2 is 2.45 bits per heavy atom. The van der Waals surface area contributed by atoms with Crippen molar-refractivity contribution in [2.75, 3.05) is 0 Å². The predicted octanol–water partition coefficient (Wildman–Crippen LogP) is 1.79. The van der Waals surface area contributed by atoms with E-state index < -0.39 is 0 Å². The van der Waals surface area contributed by atoms with Gasteiger partial charge < -0.3 is 4.52 Å². The summed E-state index contributed by atoms with van der Waals surface area (Å²) in [5, 5.41) is 4.90. The lowest BCUT2D eigenvalue weighted by Crippen LogP contribution is -1.75. The van der Waals surface area contributed by atoms with Gasteiger partial charge in [0.15, 0.2) is 0 Å². The van der Waals surface area contributed by atoms with Gasteiger partial charge in [-0.05, 0) is 6.07 Å². The Morgan fingerprint density at radius 1 is 1.55 bits per heavy atom. The molecule has 0 saturated carbocycles. The zero-order chi connectivity index (χ0) is 7.68. The highest BCUT2D eigenvalue weighted by Crippen LogP contribution is 2.15. The fourth-order valence-electron chi connectivity index (χ4n) is 1.09. The SMILES string of the molecule is CCc1onc2ccncc12. The molecular weight excluding hydrogens is 140 g/mol. The summed E-state index contributed by atoms with van der Waals surface area (Å²) in [6.45, 7) is 2.03. The Labute approximate surface area is 64.0 Å². The largest absolute Gasteiger partial charge is 0.360 e. The third kappa shape index (κ3) is 0.888. The van der Waals surface area contributed by atoms with Crippen molar-refractivity contribution in [3.63, 3.8) is 0 Å². The maximum absolute atomic E-state index is 5.07. The molecule has 0 N–H and O–H groups in total. The van der Waals surface area contributed by atoms with Gasteiger partial charge in [0.25, 0.3) is 0 Å². The van der Waals surface area contributed by atoms with Gasteiger partial charge in [0.05, 0.1) is 5.39 Å². The summed E-state index contributed by atoms with van der Waals surface area (Å²) < 4.78 is 5.07. The van der Waals surface area contributed by atoms with E-state index >= 15 is 0 Å². The maximum atomic E-state index is 5.07. The molecule has 0 aromatic carbocycles. The Hall–Kier alpha value is -1.38.